The Balaban J connectivity index is 1.70. The minimum absolute atomic E-state index is 0.0321. The second kappa shape index (κ2) is 15.3. The number of amides is 2. The van der Waals surface area contributed by atoms with Crippen molar-refractivity contribution in [3.05, 3.63) is 72.3 Å². The highest BCUT2D eigenvalue weighted by Crippen LogP contribution is 2.36. The number of aromatic amines is 1. The largest absolute Gasteiger partial charge is 0.453 e. The summed E-state index contributed by atoms with van der Waals surface area (Å²) in [5.41, 5.74) is 9.29. The standard InChI is InChI=1S/C38H50N8O4/c1-23(2)29(39)34(48)40-22-38(5,6)35-41-28(27-18-12-11-17-26(27)25-15-9-8-10-16-25)21-46(35)33-31(42-36(44-33)45-19-13-14-20-45)32(47)30(24(3)4)43-37(49)50-7/h8-12,15-18,21,23-24,29-30H,13-14,19-20,22,39H2,1-7H3,(H,40,48)(H,42,44)(H,43,49)/t29-,30-/m0/s1. The molecule has 0 bridgehead atoms. The molecule has 3 heterocycles. The highest BCUT2D eigenvalue weighted by atomic mass is 16.5. The Bertz CT molecular complexity index is 1800. The molecular weight excluding hydrogens is 632 g/mol. The first-order valence-corrected chi connectivity index (χ1v) is 17.3. The Morgan fingerprint density at radius 3 is 2.20 bits per heavy atom. The van der Waals surface area contributed by atoms with Gasteiger partial charge in [0.05, 0.1) is 24.9 Å². The van der Waals surface area contributed by atoms with E-state index in [0.29, 0.717) is 23.3 Å². The average molecular weight is 683 g/mol. The maximum absolute atomic E-state index is 14.4. The van der Waals surface area contributed by atoms with Gasteiger partial charge in [0, 0.05) is 36.8 Å². The van der Waals surface area contributed by atoms with Gasteiger partial charge in [-0.25, -0.2) is 9.78 Å². The topological polar surface area (TPSA) is 160 Å². The number of carbonyl (C=O) groups is 3. The van der Waals surface area contributed by atoms with Crippen LogP contribution in [0.15, 0.2) is 60.8 Å². The lowest BCUT2D eigenvalue weighted by Gasteiger charge is -2.27. The highest BCUT2D eigenvalue weighted by molar-refractivity contribution is 6.03. The molecule has 1 saturated heterocycles. The molecule has 0 spiro atoms. The molecule has 4 aromatic rings. The summed E-state index contributed by atoms with van der Waals surface area (Å²) in [6, 6.07) is 16.6. The lowest BCUT2D eigenvalue weighted by atomic mass is 9.91. The number of methoxy groups -OCH3 is 1. The molecule has 2 aromatic heterocycles. The first-order valence-electron chi connectivity index (χ1n) is 17.3. The van der Waals surface area contributed by atoms with Crippen LogP contribution in [0.4, 0.5) is 10.7 Å². The van der Waals surface area contributed by atoms with Gasteiger partial charge in [-0.15, -0.1) is 0 Å². The van der Waals surface area contributed by atoms with Crippen molar-refractivity contribution in [2.24, 2.45) is 17.6 Å². The van der Waals surface area contributed by atoms with Gasteiger partial charge in [-0.05, 0) is 35.8 Å². The third-order valence-electron chi connectivity index (χ3n) is 9.28. The normalized spacial score (nSPS) is 14.6. The van der Waals surface area contributed by atoms with E-state index in [0.717, 1.165) is 42.6 Å². The quantitative estimate of drug-likeness (QED) is 0.135. The molecule has 2 amide bonds. The molecule has 12 heteroatoms. The summed E-state index contributed by atoms with van der Waals surface area (Å²) in [5, 5.41) is 5.75. The molecule has 1 aliphatic heterocycles. The predicted octanol–water partition coefficient (Wildman–Crippen LogP) is 5.47. The van der Waals surface area contributed by atoms with Crippen LogP contribution in [-0.4, -0.2) is 76.1 Å². The molecule has 1 aliphatic rings. The van der Waals surface area contributed by atoms with E-state index in [9.17, 15) is 14.4 Å². The zero-order valence-electron chi connectivity index (χ0n) is 30.1. The van der Waals surface area contributed by atoms with E-state index in [1.54, 1.807) is 0 Å². The van der Waals surface area contributed by atoms with E-state index < -0.39 is 23.6 Å². The molecule has 1 fully saturated rings. The summed E-state index contributed by atoms with van der Waals surface area (Å²) < 4.78 is 6.72. The van der Waals surface area contributed by atoms with E-state index in [4.69, 9.17) is 20.4 Å². The molecule has 5 N–H and O–H groups in total. The number of carbonyl (C=O) groups excluding carboxylic acids is 3. The van der Waals surface area contributed by atoms with Gasteiger partial charge in [0.25, 0.3) is 0 Å². The number of alkyl carbamates (subject to hydrolysis) is 1. The van der Waals surface area contributed by atoms with Crippen LogP contribution in [0.2, 0.25) is 0 Å². The van der Waals surface area contributed by atoms with E-state index in [-0.39, 0.29) is 35.8 Å². The van der Waals surface area contributed by atoms with Crippen LogP contribution >= 0.6 is 0 Å². The van der Waals surface area contributed by atoms with E-state index in [1.165, 1.54) is 7.11 Å². The maximum Gasteiger partial charge on any atom is 0.407 e. The Kier molecular flexibility index (Phi) is 11.1. The fourth-order valence-electron chi connectivity index (χ4n) is 6.19. The molecule has 0 saturated carbocycles. The number of Topliss-reactive ketones (excluding diaryl/α,β-unsaturated/α-hetero) is 1. The van der Waals surface area contributed by atoms with Gasteiger partial charge in [-0.3, -0.25) is 14.2 Å². The average Bonchev–Trinajstić information content (AvgIpc) is 3.89. The van der Waals surface area contributed by atoms with Crippen molar-refractivity contribution in [3.63, 3.8) is 0 Å². The molecule has 12 nitrogen and oxygen atoms in total. The monoisotopic (exact) mass is 682 g/mol. The number of nitrogens with one attached hydrogen (secondary N) is 3. The van der Waals surface area contributed by atoms with E-state index in [1.807, 2.05) is 88.7 Å². The van der Waals surface area contributed by atoms with Crippen molar-refractivity contribution in [3.8, 4) is 28.2 Å². The molecule has 5 rings (SSSR count). The van der Waals surface area contributed by atoms with E-state index in [2.05, 4.69) is 38.7 Å². The number of nitrogens with two attached hydrogens (primary N) is 1. The third-order valence-corrected chi connectivity index (χ3v) is 9.28. The number of hydrogen-bond acceptors (Lipinski definition) is 8. The molecule has 266 valence electrons. The van der Waals surface area contributed by atoms with Gasteiger partial charge >= 0.3 is 6.09 Å². The molecular formula is C38H50N8O4. The number of aromatic nitrogens is 4. The molecule has 2 aromatic carbocycles. The van der Waals surface area contributed by atoms with Gasteiger partial charge in [0.15, 0.2) is 5.82 Å². The number of benzene rings is 2. The van der Waals surface area contributed by atoms with Gasteiger partial charge in [0.2, 0.25) is 17.6 Å². The minimum atomic E-state index is -0.886. The summed E-state index contributed by atoms with van der Waals surface area (Å²) in [4.78, 5) is 55.5. The third kappa shape index (κ3) is 7.75. The lowest BCUT2D eigenvalue weighted by Crippen LogP contribution is -2.48. The van der Waals surface area contributed by atoms with Gasteiger partial charge in [-0.2, -0.15) is 4.98 Å². The maximum atomic E-state index is 14.4. The van der Waals surface area contributed by atoms with Crippen LogP contribution in [0.3, 0.4) is 0 Å². The Morgan fingerprint density at radius 2 is 1.58 bits per heavy atom. The predicted molar refractivity (Wildman–Crippen MR) is 195 cm³/mol. The summed E-state index contributed by atoms with van der Waals surface area (Å²) >= 11 is 0. The Hall–Kier alpha value is -4.97. The molecule has 50 heavy (non-hydrogen) atoms. The van der Waals surface area contributed by atoms with Gasteiger partial charge < -0.3 is 31.0 Å². The van der Waals surface area contributed by atoms with Crippen LogP contribution in [-0.2, 0) is 14.9 Å². The molecule has 0 unspecified atom stereocenters. The van der Waals surface area contributed by atoms with Crippen LogP contribution < -0.4 is 21.3 Å². The Morgan fingerprint density at radius 1 is 0.940 bits per heavy atom. The summed E-state index contributed by atoms with van der Waals surface area (Å²) in [7, 11) is 1.27. The fraction of sp³-hybridized carbons (Fsp3) is 0.447. The van der Waals surface area contributed by atoms with Crippen molar-refractivity contribution < 1.29 is 19.1 Å². The summed E-state index contributed by atoms with van der Waals surface area (Å²) in [6.07, 6.45) is 3.23. The van der Waals surface area contributed by atoms with Crippen molar-refractivity contribution in [2.75, 3.05) is 31.6 Å². The van der Waals surface area contributed by atoms with Crippen molar-refractivity contribution >= 4 is 23.7 Å². The van der Waals surface area contributed by atoms with Gasteiger partial charge in [0.1, 0.15) is 11.5 Å². The SMILES string of the molecule is COC(=O)N[C@H](C(=O)c1[nH]c(N2CCCC2)nc1-n1cc(-c2ccccc2-c2ccccc2)nc1C(C)(C)CNC(=O)[C@@H](N)C(C)C)C(C)C. The number of nitrogens with zero attached hydrogens (tertiary/aromatic N) is 4. The molecule has 0 aliphatic carbocycles. The zero-order chi connectivity index (χ0) is 36.2. The first-order chi connectivity index (χ1) is 23.8. The minimum Gasteiger partial charge on any atom is -0.453 e. The van der Waals surface area contributed by atoms with Crippen LogP contribution in [0.5, 0.6) is 0 Å². The van der Waals surface area contributed by atoms with Crippen molar-refractivity contribution in [2.45, 2.75) is 71.9 Å². The van der Waals surface area contributed by atoms with Gasteiger partial charge in [-0.1, -0.05) is 96.1 Å². The fourth-order valence-corrected chi connectivity index (χ4v) is 6.19. The number of imidazole rings is 2. The molecule has 0 radical (unpaired) electrons. The second-order valence-corrected chi connectivity index (χ2v) is 14.3. The highest BCUT2D eigenvalue weighted by Gasteiger charge is 2.36. The number of H-pyrrole nitrogens is 1. The van der Waals surface area contributed by atoms with Crippen LogP contribution in [0.25, 0.3) is 28.2 Å². The van der Waals surface area contributed by atoms with E-state index >= 15 is 0 Å². The number of ether oxygens (including phenoxy) is 1. The van der Waals surface area contributed by atoms with Crippen molar-refractivity contribution in [1.29, 1.82) is 0 Å². The summed E-state index contributed by atoms with van der Waals surface area (Å²) in [5.74, 6) is 0.652. The zero-order valence-corrected chi connectivity index (χ0v) is 30.1. The van der Waals surface area contributed by atoms with Crippen molar-refractivity contribution in [1.82, 2.24) is 30.2 Å². The first kappa shape index (κ1) is 36.3. The van der Waals surface area contributed by atoms with Crippen LogP contribution in [0, 0.1) is 11.8 Å². The van der Waals surface area contributed by atoms with Crippen LogP contribution in [0.1, 0.15) is 70.7 Å². The number of rotatable bonds is 13. The number of ketones is 1. The Labute approximate surface area is 294 Å². The molecule has 2 atom stereocenters. The summed E-state index contributed by atoms with van der Waals surface area (Å²) in [6.45, 7) is 13.4. The smallest absolute Gasteiger partial charge is 0.407 e. The lowest BCUT2D eigenvalue weighted by molar-refractivity contribution is -0.123. The number of anilines is 1. The number of hydrogen-bond donors (Lipinski definition) is 4. The second-order valence-electron chi connectivity index (χ2n) is 14.3.